The van der Waals surface area contributed by atoms with Gasteiger partial charge in [-0.05, 0) is 17.5 Å². The Bertz CT molecular complexity index is 567. The minimum atomic E-state index is 0.270. The molecule has 0 N–H and O–H groups in total. The van der Waals surface area contributed by atoms with Gasteiger partial charge in [-0.3, -0.25) is 4.79 Å². The van der Waals surface area contributed by atoms with Crippen molar-refractivity contribution < 1.29 is 4.79 Å². The molecule has 0 aliphatic carbocycles. The summed E-state index contributed by atoms with van der Waals surface area (Å²) >= 11 is 0. The molecule has 2 nitrogen and oxygen atoms in total. The summed E-state index contributed by atoms with van der Waals surface area (Å²) in [6, 6.07) is 20.6. The van der Waals surface area contributed by atoms with Crippen molar-refractivity contribution in [1.29, 1.82) is 0 Å². The lowest BCUT2D eigenvalue weighted by molar-refractivity contribution is -0.132. The van der Waals surface area contributed by atoms with Crippen LogP contribution in [0.2, 0.25) is 0 Å². The molecule has 0 radical (unpaired) electrons. The topological polar surface area (TPSA) is 20.3 Å². The minimum Gasteiger partial charge on any atom is -0.334 e. The van der Waals surface area contributed by atoms with E-state index in [2.05, 4.69) is 31.2 Å². The monoisotopic (exact) mass is 351 g/mol. The van der Waals surface area contributed by atoms with Crippen LogP contribution in [-0.2, 0) is 17.9 Å². The Labute approximate surface area is 159 Å². The van der Waals surface area contributed by atoms with Crippen molar-refractivity contribution in [3.05, 3.63) is 71.8 Å². The normalized spacial score (nSPS) is 10.7. The molecule has 0 aromatic heterocycles. The Morgan fingerprint density at radius 1 is 0.692 bits per heavy atom. The summed E-state index contributed by atoms with van der Waals surface area (Å²) in [6.45, 7) is 3.61. The molecule has 2 heteroatoms. The molecule has 26 heavy (non-hydrogen) atoms. The number of carbonyl (C=O) groups is 1. The summed E-state index contributed by atoms with van der Waals surface area (Å²) in [5, 5.41) is 0. The number of benzene rings is 2. The zero-order valence-electron chi connectivity index (χ0n) is 16.2. The third kappa shape index (κ3) is 7.86. The average molecular weight is 352 g/mol. The maximum atomic E-state index is 12.8. The lowest BCUT2D eigenvalue weighted by atomic mass is 10.1. The molecule has 2 aromatic carbocycles. The third-order valence-electron chi connectivity index (χ3n) is 4.78. The zero-order valence-corrected chi connectivity index (χ0v) is 16.2. The maximum absolute atomic E-state index is 12.8. The second-order valence-electron chi connectivity index (χ2n) is 7.09. The number of hydrogen-bond acceptors (Lipinski definition) is 1. The quantitative estimate of drug-likeness (QED) is 0.408. The van der Waals surface area contributed by atoms with Crippen LogP contribution in [0.1, 0.15) is 69.4 Å². The Morgan fingerprint density at radius 3 is 1.65 bits per heavy atom. The smallest absolute Gasteiger partial charge is 0.223 e. The second kappa shape index (κ2) is 12.3. The van der Waals surface area contributed by atoms with Crippen LogP contribution >= 0.6 is 0 Å². The van der Waals surface area contributed by atoms with Crippen LogP contribution < -0.4 is 0 Å². The van der Waals surface area contributed by atoms with E-state index in [1.165, 1.54) is 49.7 Å². The molecule has 0 saturated heterocycles. The van der Waals surface area contributed by atoms with Crippen LogP contribution in [0.25, 0.3) is 0 Å². The molecule has 0 spiro atoms. The van der Waals surface area contributed by atoms with Crippen molar-refractivity contribution >= 4 is 5.91 Å². The van der Waals surface area contributed by atoms with Gasteiger partial charge in [0.05, 0.1) is 0 Å². The molecular weight excluding hydrogens is 318 g/mol. The Morgan fingerprint density at radius 2 is 1.15 bits per heavy atom. The summed E-state index contributed by atoms with van der Waals surface area (Å²) in [4.78, 5) is 14.8. The van der Waals surface area contributed by atoms with Gasteiger partial charge in [-0.1, -0.05) is 106 Å². The molecule has 2 aromatic rings. The van der Waals surface area contributed by atoms with E-state index >= 15 is 0 Å². The van der Waals surface area contributed by atoms with E-state index in [1.54, 1.807) is 0 Å². The fourth-order valence-corrected chi connectivity index (χ4v) is 3.23. The van der Waals surface area contributed by atoms with Crippen LogP contribution in [0, 0.1) is 0 Å². The van der Waals surface area contributed by atoms with Crippen LogP contribution in [0.5, 0.6) is 0 Å². The van der Waals surface area contributed by atoms with E-state index in [4.69, 9.17) is 0 Å². The van der Waals surface area contributed by atoms with Crippen molar-refractivity contribution in [2.75, 3.05) is 0 Å². The first-order valence-electron chi connectivity index (χ1n) is 10.1. The second-order valence-corrected chi connectivity index (χ2v) is 7.09. The fraction of sp³-hybridized carbons (Fsp3) is 0.458. The van der Waals surface area contributed by atoms with Crippen LogP contribution in [0.4, 0.5) is 0 Å². The number of nitrogens with zero attached hydrogens (tertiary/aromatic N) is 1. The van der Waals surface area contributed by atoms with E-state index in [1.807, 2.05) is 41.3 Å². The van der Waals surface area contributed by atoms with E-state index < -0.39 is 0 Å². The van der Waals surface area contributed by atoms with Gasteiger partial charge in [-0.25, -0.2) is 0 Å². The number of rotatable bonds is 12. The van der Waals surface area contributed by atoms with Gasteiger partial charge in [-0.15, -0.1) is 0 Å². The van der Waals surface area contributed by atoms with E-state index in [9.17, 15) is 4.79 Å². The van der Waals surface area contributed by atoms with Crippen molar-refractivity contribution in [3.63, 3.8) is 0 Å². The highest BCUT2D eigenvalue weighted by Crippen LogP contribution is 2.14. The average Bonchev–Trinajstić information content (AvgIpc) is 2.68. The molecule has 0 saturated carbocycles. The maximum Gasteiger partial charge on any atom is 0.223 e. The standard InChI is InChI=1S/C24H33NO/c1-2-3-4-5-6-7-14-19-24(26)25(20-22-15-10-8-11-16-22)21-23-17-12-9-13-18-23/h8-13,15-18H,2-7,14,19-21H2,1H3. The minimum absolute atomic E-state index is 0.270. The zero-order chi connectivity index (χ0) is 18.5. The van der Waals surface area contributed by atoms with Gasteiger partial charge in [0.1, 0.15) is 0 Å². The van der Waals surface area contributed by atoms with Gasteiger partial charge in [0, 0.05) is 19.5 Å². The molecule has 0 fully saturated rings. The molecule has 0 unspecified atom stereocenters. The van der Waals surface area contributed by atoms with Crippen molar-refractivity contribution in [2.24, 2.45) is 0 Å². The predicted molar refractivity (Wildman–Crippen MR) is 110 cm³/mol. The molecular formula is C24H33NO. The van der Waals surface area contributed by atoms with E-state index in [0.717, 1.165) is 6.42 Å². The lowest BCUT2D eigenvalue weighted by Gasteiger charge is -2.23. The summed E-state index contributed by atoms with van der Waals surface area (Å²) in [5.74, 6) is 0.270. The number of carbonyl (C=O) groups excluding carboxylic acids is 1. The van der Waals surface area contributed by atoms with Gasteiger partial charge < -0.3 is 4.90 Å². The molecule has 140 valence electrons. The highest BCUT2D eigenvalue weighted by atomic mass is 16.2. The summed E-state index contributed by atoms with van der Waals surface area (Å²) in [6.07, 6.45) is 9.34. The van der Waals surface area contributed by atoms with Gasteiger partial charge in [0.15, 0.2) is 0 Å². The largest absolute Gasteiger partial charge is 0.334 e. The molecule has 0 aliphatic rings. The molecule has 1 amide bonds. The van der Waals surface area contributed by atoms with Crippen LogP contribution in [-0.4, -0.2) is 10.8 Å². The number of hydrogen-bond donors (Lipinski definition) is 0. The Kier molecular flexibility index (Phi) is 9.56. The number of unbranched alkanes of at least 4 members (excludes halogenated alkanes) is 6. The molecule has 0 heterocycles. The summed E-state index contributed by atoms with van der Waals surface area (Å²) in [5.41, 5.74) is 2.38. The highest BCUT2D eigenvalue weighted by Gasteiger charge is 2.14. The van der Waals surface area contributed by atoms with Gasteiger partial charge >= 0.3 is 0 Å². The SMILES string of the molecule is CCCCCCCCCC(=O)N(Cc1ccccc1)Cc1ccccc1. The number of amides is 1. The first-order chi connectivity index (χ1) is 12.8. The summed E-state index contributed by atoms with van der Waals surface area (Å²) < 4.78 is 0. The van der Waals surface area contributed by atoms with Gasteiger partial charge in [0.2, 0.25) is 5.91 Å². The van der Waals surface area contributed by atoms with Crippen molar-refractivity contribution in [1.82, 2.24) is 4.90 Å². The van der Waals surface area contributed by atoms with Crippen LogP contribution in [0.3, 0.4) is 0 Å². The Hall–Kier alpha value is -2.09. The van der Waals surface area contributed by atoms with Gasteiger partial charge in [-0.2, -0.15) is 0 Å². The first kappa shape index (κ1) is 20.2. The molecule has 2 rings (SSSR count). The summed E-state index contributed by atoms with van der Waals surface area (Å²) in [7, 11) is 0. The fourth-order valence-electron chi connectivity index (χ4n) is 3.23. The lowest BCUT2D eigenvalue weighted by Crippen LogP contribution is -2.29. The van der Waals surface area contributed by atoms with Crippen LogP contribution in [0.15, 0.2) is 60.7 Å². The Balaban J connectivity index is 1.85. The third-order valence-corrected chi connectivity index (χ3v) is 4.78. The molecule has 0 aliphatic heterocycles. The van der Waals surface area contributed by atoms with Crippen molar-refractivity contribution in [3.8, 4) is 0 Å². The van der Waals surface area contributed by atoms with Crippen molar-refractivity contribution in [2.45, 2.75) is 71.4 Å². The van der Waals surface area contributed by atoms with Gasteiger partial charge in [0.25, 0.3) is 0 Å². The molecule has 0 atom stereocenters. The predicted octanol–water partition coefficient (Wildman–Crippen LogP) is 6.36. The molecule has 0 bridgehead atoms. The van der Waals surface area contributed by atoms with E-state index in [-0.39, 0.29) is 5.91 Å². The van der Waals surface area contributed by atoms with E-state index in [0.29, 0.717) is 19.5 Å². The highest BCUT2D eigenvalue weighted by molar-refractivity contribution is 5.76. The first-order valence-corrected chi connectivity index (χ1v) is 10.1.